The highest BCUT2D eigenvalue weighted by molar-refractivity contribution is 5.75. The van der Waals surface area contributed by atoms with Crippen molar-refractivity contribution in [3.05, 3.63) is 23.9 Å². The number of nitrogens with one attached hydrogen (secondary N) is 1. The van der Waals surface area contributed by atoms with Crippen molar-refractivity contribution < 1.29 is 4.79 Å². The summed E-state index contributed by atoms with van der Waals surface area (Å²) in [5.74, 6) is 1.80. The van der Waals surface area contributed by atoms with E-state index in [1.165, 1.54) is 25.7 Å². The monoisotopic (exact) mass is 342 g/mol. The van der Waals surface area contributed by atoms with Gasteiger partial charge >= 0.3 is 6.03 Å². The fourth-order valence-electron chi connectivity index (χ4n) is 4.05. The zero-order valence-electron chi connectivity index (χ0n) is 15.4. The number of amides is 2. The van der Waals surface area contributed by atoms with Gasteiger partial charge in [-0.2, -0.15) is 0 Å². The summed E-state index contributed by atoms with van der Waals surface area (Å²) in [5.41, 5.74) is 1.06. The average molecular weight is 342 g/mol. The van der Waals surface area contributed by atoms with Crippen LogP contribution in [0.4, 0.5) is 10.6 Å². The van der Waals surface area contributed by atoms with Gasteiger partial charge in [-0.15, -0.1) is 0 Å². The predicted molar refractivity (Wildman–Crippen MR) is 99.8 cm³/mol. The van der Waals surface area contributed by atoms with E-state index in [1.807, 2.05) is 13.0 Å². The van der Waals surface area contributed by atoms with Crippen molar-refractivity contribution in [3.63, 3.8) is 0 Å². The molecule has 1 N–H and O–H groups in total. The van der Waals surface area contributed by atoms with E-state index in [9.17, 15) is 4.79 Å². The second-order valence-electron chi connectivity index (χ2n) is 8.06. The zero-order valence-corrected chi connectivity index (χ0v) is 15.4. The van der Waals surface area contributed by atoms with Gasteiger partial charge in [-0.25, -0.2) is 9.78 Å². The molecule has 2 heterocycles. The molecule has 3 aliphatic rings. The van der Waals surface area contributed by atoms with Gasteiger partial charge in [0.1, 0.15) is 5.82 Å². The number of hydrogen-bond acceptors (Lipinski definition) is 3. The quantitative estimate of drug-likeness (QED) is 0.893. The maximum atomic E-state index is 12.9. The number of piperidine rings is 1. The largest absolute Gasteiger partial charge is 0.356 e. The Kier molecular flexibility index (Phi) is 4.57. The molecule has 136 valence electrons. The molecular weight excluding hydrogens is 312 g/mol. The minimum atomic E-state index is 0.175. The smallest absolute Gasteiger partial charge is 0.318 e. The molecule has 1 aromatic rings. The molecule has 25 heavy (non-hydrogen) atoms. The van der Waals surface area contributed by atoms with Crippen LogP contribution in [0.15, 0.2) is 18.2 Å². The molecule has 2 saturated carbocycles. The van der Waals surface area contributed by atoms with Crippen LogP contribution in [0.25, 0.3) is 0 Å². The number of aryl methyl sites for hydroxylation is 1. The molecule has 5 heteroatoms. The summed E-state index contributed by atoms with van der Waals surface area (Å²) in [6.07, 6.45) is 6.94. The van der Waals surface area contributed by atoms with E-state index in [0.29, 0.717) is 18.1 Å². The van der Waals surface area contributed by atoms with Crippen molar-refractivity contribution in [2.45, 2.75) is 70.5 Å². The Hall–Kier alpha value is -1.78. The molecule has 1 aromatic heterocycles. The Morgan fingerprint density at radius 2 is 1.92 bits per heavy atom. The normalized spacial score (nSPS) is 22.6. The molecule has 1 aliphatic heterocycles. The van der Waals surface area contributed by atoms with Crippen LogP contribution in [-0.4, -0.2) is 47.1 Å². The molecule has 1 saturated heterocycles. The minimum absolute atomic E-state index is 0.175. The van der Waals surface area contributed by atoms with Gasteiger partial charge < -0.3 is 15.1 Å². The van der Waals surface area contributed by atoms with Gasteiger partial charge in [0.2, 0.25) is 0 Å². The average Bonchev–Trinajstić information content (AvgIpc) is 3.48. The summed E-state index contributed by atoms with van der Waals surface area (Å²) in [6.45, 7) is 6.19. The molecule has 4 rings (SSSR count). The number of aromatic nitrogens is 1. The SMILES string of the molecule is Cc1cccc(N2CCC(NC(=O)N(C3CC3)[C@H](C)C3CC3)CC2)n1. The van der Waals surface area contributed by atoms with E-state index >= 15 is 0 Å². The van der Waals surface area contributed by atoms with Crippen LogP contribution in [0.5, 0.6) is 0 Å². The number of anilines is 1. The van der Waals surface area contributed by atoms with Gasteiger partial charge in [-0.1, -0.05) is 6.07 Å². The Bertz CT molecular complexity index is 618. The van der Waals surface area contributed by atoms with E-state index in [-0.39, 0.29) is 6.03 Å². The Morgan fingerprint density at radius 1 is 1.20 bits per heavy atom. The molecule has 5 nitrogen and oxygen atoms in total. The first kappa shape index (κ1) is 16.7. The van der Waals surface area contributed by atoms with Crippen LogP contribution in [-0.2, 0) is 0 Å². The third-order valence-electron chi connectivity index (χ3n) is 5.94. The van der Waals surface area contributed by atoms with Crippen LogP contribution in [0.2, 0.25) is 0 Å². The van der Waals surface area contributed by atoms with Crippen LogP contribution in [0, 0.1) is 12.8 Å². The maximum Gasteiger partial charge on any atom is 0.318 e. The number of rotatable bonds is 5. The number of pyridine rings is 1. The zero-order chi connectivity index (χ0) is 17.4. The van der Waals surface area contributed by atoms with Gasteiger partial charge in [0.15, 0.2) is 0 Å². The van der Waals surface area contributed by atoms with Crippen LogP contribution in [0.1, 0.15) is 51.1 Å². The lowest BCUT2D eigenvalue weighted by Crippen LogP contribution is -2.52. The minimum Gasteiger partial charge on any atom is -0.356 e. The fraction of sp³-hybridized carbons (Fsp3) is 0.700. The second-order valence-corrected chi connectivity index (χ2v) is 8.06. The summed E-state index contributed by atoms with van der Waals surface area (Å²) in [5, 5.41) is 3.33. The van der Waals surface area contributed by atoms with Gasteiger partial charge in [0.05, 0.1) is 0 Å². The first-order valence-electron chi connectivity index (χ1n) is 9.89. The van der Waals surface area contributed by atoms with Crippen molar-refractivity contribution in [1.82, 2.24) is 15.2 Å². The van der Waals surface area contributed by atoms with Gasteiger partial charge in [0.25, 0.3) is 0 Å². The highest BCUT2D eigenvalue weighted by Crippen LogP contribution is 2.39. The standard InChI is InChI=1S/C20H30N4O/c1-14-4-3-5-19(21-14)23-12-10-17(11-13-23)22-20(25)24(18-8-9-18)15(2)16-6-7-16/h3-5,15-18H,6-13H2,1-2H3,(H,22,25)/t15-/m1/s1. The third-order valence-corrected chi connectivity index (χ3v) is 5.94. The summed E-state index contributed by atoms with van der Waals surface area (Å²) in [6, 6.07) is 7.55. The maximum absolute atomic E-state index is 12.9. The van der Waals surface area contributed by atoms with E-state index in [2.05, 4.69) is 39.2 Å². The van der Waals surface area contributed by atoms with E-state index in [0.717, 1.165) is 43.4 Å². The highest BCUT2D eigenvalue weighted by atomic mass is 16.2. The lowest BCUT2D eigenvalue weighted by Gasteiger charge is -2.36. The lowest BCUT2D eigenvalue weighted by molar-refractivity contribution is 0.161. The van der Waals surface area contributed by atoms with Gasteiger partial charge in [-0.3, -0.25) is 0 Å². The summed E-state index contributed by atoms with van der Waals surface area (Å²) in [4.78, 5) is 22.0. The van der Waals surface area contributed by atoms with Crippen molar-refractivity contribution in [1.29, 1.82) is 0 Å². The molecule has 2 aliphatic carbocycles. The Labute approximate surface area is 150 Å². The summed E-state index contributed by atoms with van der Waals surface area (Å²) < 4.78 is 0. The van der Waals surface area contributed by atoms with Crippen LogP contribution < -0.4 is 10.2 Å². The predicted octanol–water partition coefficient (Wildman–Crippen LogP) is 3.33. The molecular formula is C20H30N4O. The Balaban J connectivity index is 1.31. The first-order valence-corrected chi connectivity index (χ1v) is 9.89. The second kappa shape index (κ2) is 6.85. The fourth-order valence-corrected chi connectivity index (χ4v) is 4.05. The summed E-state index contributed by atoms with van der Waals surface area (Å²) in [7, 11) is 0. The molecule has 0 unspecified atom stereocenters. The lowest BCUT2D eigenvalue weighted by atomic mass is 10.0. The molecule has 1 atom stereocenters. The number of carbonyl (C=O) groups is 1. The first-order chi connectivity index (χ1) is 12.1. The molecule has 0 bridgehead atoms. The van der Waals surface area contributed by atoms with Crippen molar-refractivity contribution >= 4 is 11.8 Å². The van der Waals surface area contributed by atoms with E-state index < -0.39 is 0 Å². The van der Waals surface area contributed by atoms with Crippen molar-refractivity contribution in [2.24, 2.45) is 5.92 Å². The van der Waals surface area contributed by atoms with E-state index in [4.69, 9.17) is 0 Å². The van der Waals surface area contributed by atoms with Gasteiger partial charge in [-0.05, 0) is 70.4 Å². The number of carbonyl (C=O) groups excluding carboxylic acids is 1. The number of urea groups is 1. The highest BCUT2D eigenvalue weighted by Gasteiger charge is 2.42. The number of nitrogens with zero attached hydrogens (tertiary/aromatic N) is 3. The molecule has 3 fully saturated rings. The Morgan fingerprint density at radius 3 is 2.52 bits per heavy atom. The van der Waals surface area contributed by atoms with Crippen LogP contribution in [0.3, 0.4) is 0 Å². The van der Waals surface area contributed by atoms with E-state index in [1.54, 1.807) is 0 Å². The van der Waals surface area contributed by atoms with Crippen molar-refractivity contribution in [3.8, 4) is 0 Å². The molecule has 0 spiro atoms. The molecule has 0 aromatic carbocycles. The topological polar surface area (TPSA) is 48.5 Å². The molecule has 0 radical (unpaired) electrons. The van der Waals surface area contributed by atoms with Crippen LogP contribution >= 0.6 is 0 Å². The molecule has 2 amide bonds. The van der Waals surface area contributed by atoms with Crippen molar-refractivity contribution in [2.75, 3.05) is 18.0 Å². The number of hydrogen-bond donors (Lipinski definition) is 1. The summed E-state index contributed by atoms with van der Waals surface area (Å²) >= 11 is 0. The van der Waals surface area contributed by atoms with Gasteiger partial charge in [0, 0.05) is 36.9 Å². The third kappa shape index (κ3) is 3.91.